The Balaban J connectivity index is 1.47. The average Bonchev–Trinajstić information content (AvgIpc) is 3.01. The molecule has 0 saturated carbocycles. The molecule has 2 atom stereocenters. The number of anilines is 1. The van der Waals surface area contributed by atoms with Gasteiger partial charge in [0.1, 0.15) is 17.0 Å². The van der Waals surface area contributed by atoms with Crippen molar-refractivity contribution in [2.24, 2.45) is 11.8 Å². The molecule has 0 aliphatic carbocycles. The standard InChI is InChI=1S/C23H26F3N3S/c1-16-9-11-29(12-10-18(16)8-7-17-5-3-2-4-6-17)21-20-13-19(14-23(24,25)26)30-22(20)28-15-27-21/h2-6,13,15-16,18H,7-12,14H2,1H3. The van der Waals surface area contributed by atoms with E-state index in [9.17, 15) is 13.2 Å². The van der Waals surface area contributed by atoms with E-state index in [0.717, 1.165) is 61.3 Å². The highest BCUT2D eigenvalue weighted by atomic mass is 32.1. The largest absolute Gasteiger partial charge is 0.393 e. The van der Waals surface area contributed by atoms with E-state index in [-0.39, 0.29) is 0 Å². The van der Waals surface area contributed by atoms with Gasteiger partial charge in [0.2, 0.25) is 0 Å². The minimum atomic E-state index is -4.21. The zero-order valence-corrected chi connectivity index (χ0v) is 17.8. The fourth-order valence-corrected chi connectivity index (χ4v) is 5.40. The molecule has 1 saturated heterocycles. The molecule has 3 nitrogen and oxygen atoms in total. The molecule has 0 spiro atoms. The van der Waals surface area contributed by atoms with Crippen LogP contribution >= 0.6 is 11.3 Å². The molecule has 7 heteroatoms. The summed E-state index contributed by atoms with van der Waals surface area (Å²) >= 11 is 1.12. The normalized spacial score (nSPS) is 20.5. The van der Waals surface area contributed by atoms with E-state index in [1.165, 1.54) is 11.9 Å². The third-order valence-corrected chi connectivity index (χ3v) is 7.15. The van der Waals surface area contributed by atoms with Crippen LogP contribution in [0.4, 0.5) is 19.0 Å². The predicted molar refractivity (Wildman–Crippen MR) is 116 cm³/mol. The number of thiophene rings is 1. The molecule has 0 N–H and O–H groups in total. The molecule has 4 rings (SSSR count). The number of aromatic nitrogens is 2. The van der Waals surface area contributed by atoms with Crippen molar-refractivity contribution in [3.8, 4) is 0 Å². The fraction of sp³-hybridized carbons (Fsp3) is 0.478. The van der Waals surface area contributed by atoms with Gasteiger partial charge >= 0.3 is 6.18 Å². The SMILES string of the molecule is CC1CCN(c2ncnc3sc(CC(F)(F)F)cc23)CCC1CCc1ccccc1. The first-order valence-electron chi connectivity index (χ1n) is 10.5. The highest BCUT2D eigenvalue weighted by Crippen LogP contribution is 2.36. The van der Waals surface area contributed by atoms with Crippen molar-refractivity contribution in [1.29, 1.82) is 0 Å². The van der Waals surface area contributed by atoms with Crippen LogP contribution in [0.5, 0.6) is 0 Å². The second-order valence-electron chi connectivity index (χ2n) is 8.25. The summed E-state index contributed by atoms with van der Waals surface area (Å²) in [4.78, 5) is 11.9. The quantitative estimate of drug-likeness (QED) is 0.474. The number of alkyl halides is 3. The molecule has 0 radical (unpaired) electrons. The van der Waals surface area contributed by atoms with Crippen LogP contribution in [0.1, 0.15) is 36.6 Å². The molecule has 30 heavy (non-hydrogen) atoms. The Kier molecular flexibility index (Phi) is 6.27. The number of fused-ring (bicyclic) bond motifs is 1. The molecule has 1 fully saturated rings. The lowest BCUT2D eigenvalue weighted by atomic mass is 9.85. The predicted octanol–water partition coefficient (Wildman–Crippen LogP) is 6.28. The van der Waals surface area contributed by atoms with Gasteiger partial charge in [-0.1, -0.05) is 37.3 Å². The lowest BCUT2D eigenvalue weighted by molar-refractivity contribution is -0.126. The number of nitrogens with zero attached hydrogens (tertiary/aromatic N) is 3. The Labute approximate surface area is 179 Å². The monoisotopic (exact) mass is 433 g/mol. The summed E-state index contributed by atoms with van der Waals surface area (Å²) in [5.74, 6) is 2.02. The van der Waals surface area contributed by atoms with Crippen LogP contribution in [0.3, 0.4) is 0 Å². The summed E-state index contributed by atoms with van der Waals surface area (Å²) < 4.78 is 38.5. The van der Waals surface area contributed by atoms with Crippen molar-refractivity contribution in [3.63, 3.8) is 0 Å². The molecule has 3 heterocycles. The minimum Gasteiger partial charge on any atom is -0.356 e. The summed E-state index contributed by atoms with van der Waals surface area (Å²) in [6, 6.07) is 12.2. The number of hydrogen-bond donors (Lipinski definition) is 0. The molecule has 1 aromatic carbocycles. The molecule has 2 aromatic heterocycles. The van der Waals surface area contributed by atoms with Gasteiger partial charge in [-0.15, -0.1) is 11.3 Å². The Morgan fingerprint density at radius 3 is 2.63 bits per heavy atom. The molecule has 2 unspecified atom stereocenters. The van der Waals surface area contributed by atoms with Crippen molar-refractivity contribution in [1.82, 2.24) is 9.97 Å². The smallest absolute Gasteiger partial charge is 0.356 e. The van der Waals surface area contributed by atoms with Gasteiger partial charge < -0.3 is 4.90 Å². The van der Waals surface area contributed by atoms with Crippen molar-refractivity contribution in [2.75, 3.05) is 18.0 Å². The zero-order valence-electron chi connectivity index (χ0n) is 17.0. The van der Waals surface area contributed by atoms with Gasteiger partial charge in [-0.05, 0) is 49.1 Å². The zero-order chi connectivity index (χ0) is 21.1. The summed E-state index contributed by atoms with van der Waals surface area (Å²) in [7, 11) is 0. The molecule has 1 aliphatic rings. The summed E-state index contributed by atoms with van der Waals surface area (Å²) in [6.07, 6.45) is 0.728. The van der Waals surface area contributed by atoms with E-state index in [1.807, 2.05) is 6.07 Å². The topological polar surface area (TPSA) is 29.0 Å². The van der Waals surface area contributed by atoms with Gasteiger partial charge in [-0.2, -0.15) is 13.2 Å². The molecule has 1 aliphatic heterocycles. The van der Waals surface area contributed by atoms with Gasteiger partial charge in [0.15, 0.2) is 0 Å². The van der Waals surface area contributed by atoms with E-state index >= 15 is 0 Å². The van der Waals surface area contributed by atoms with E-state index < -0.39 is 12.6 Å². The van der Waals surface area contributed by atoms with Gasteiger partial charge in [0, 0.05) is 18.0 Å². The van der Waals surface area contributed by atoms with Crippen LogP contribution in [0.2, 0.25) is 0 Å². The summed E-state index contributed by atoms with van der Waals surface area (Å²) in [5, 5.41) is 0.747. The van der Waals surface area contributed by atoms with Crippen LogP contribution in [0.15, 0.2) is 42.7 Å². The summed E-state index contributed by atoms with van der Waals surface area (Å²) in [5.41, 5.74) is 1.37. The third kappa shape index (κ3) is 5.12. The average molecular weight is 434 g/mol. The van der Waals surface area contributed by atoms with E-state index in [1.54, 1.807) is 6.07 Å². The van der Waals surface area contributed by atoms with Gasteiger partial charge in [0.25, 0.3) is 0 Å². The van der Waals surface area contributed by atoms with Crippen LogP contribution in [0.25, 0.3) is 10.2 Å². The second kappa shape index (κ2) is 8.92. The Morgan fingerprint density at radius 2 is 1.87 bits per heavy atom. The highest BCUT2D eigenvalue weighted by molar-refractivity contribution is 7.18. The second-order valence-corrected chi connectivity index (χ2v) is 9.36. The highest BCUT2D eigenvalue weighted by Gasteiger charge is 2.30. The number of halogens is 3. The van der Waals surface area contributed by atoms with E-state index in [4.69, 9.17) is 0 Å². The van der Waals surface area contributed by atoms with Crippen molar-refractivity contribution in [3.05, 3.63) is 53.2 Å². The van der Waals surface area contributed by atoms with Gasteiger partial charge in [0.05, 0.1) is 11.8 Å². The van der Waals surface area contributed by atoms with Crippen molar-refractivity contribution < 1.29 is 13.2 Å². The maximum absolute atomic E-state index is 12.8. The number of rotatable bonds is 5. The Hall–Kier alpha value is -2.15. The maximum atomic E-state index is 12.8. The number of aryl methyl sites for hydroxylation is 1. The lowest BCUT2D eigenvalue weighted by Gasteiger charge is -2.22. The molecular weight excluding hydrogens is 407 g/mol. The molecular formula is C23H26F3N3S. The van der Waals surface area contributed by atoms with Crippen LogP contribution in [-0.4, -0.2) is 29.2 Å². The minimum absolute atomic E-state index is 0.295. The van der Waals surface area contributed by atoms with Crippen molar-refractivity contribution in [2.45, 2.75) is 45.2 Å². The van der Waals surface area contributed by atoms with Crippen LogP contribution in [-0.2, 0) is 12.8 Å². The first-order chi connectivity index (χ1) is 14.4. The van der Waals surface area contributed by atoms with Gasteiger partial charge in [-0.25, -0.2) is 9.97 Å². The Bertz CT molecular complexity index is 971. The molecule has 3 aromatic rings. The summed E-state index contributed by atoms with van der Waals surface area (Å²) in [6.45, 7) is 4.07. The van der Waals surface area contributed by atoms with Crippen molar-refractivity contribution >= 4 is 27.4 Å². The van der Waals surface area contributed by atoms with Gasteiger partial charge in [-0.3, -0.25) is 0 Å². The van der Waals surface area contributed by atoms with E-state index in [0.29, 0.717) is 21.5 Å². The maximum Gasteiger partial charge on any atom is 0.393 e. The molecule has 0 amide bonds. The number of benzene rings is 1. The molecule has 0 bridgehead atoms. The fourth-order valence-electron chi connectivity index (χ4n) is 4.38. The molecule has 160 valence electrons. The number of hydrogen-bond acceptors (Lipinski definition) is 4. The first kappa shape index (κ1) is 21.1. The van der Waals surface area contributed by atoms with E-state index in [2.05, 4.69) is 46.1 Å². The van der Waals surface area contributed by atoms with Crippen LogP contribution < -0.4 is 4.90 Å². The first-order valence-corrected chi connectivity index (χ1v) is 11.3. The lowest BCUT2D eigenvalue weighted by Crippen LogP contribution is -2.25. The third-order valence-electron chi connectivity index (χ3n) is 6.11. The Morgan fingerprint density at radius 1 is 1.10 bits per heavy atom. The van der Waals surface area contributed by atoms with Crippen LogP contribution in [0, 0.1) is 11.8 Å².